The van der Waals surface area contributed by atoms with Crippen molar-refractivity contribution >= 4 is 5.91 Å². The van der Waals surface area contributed by atoms with Crippen molar-refractivity contribution in [1.82, 2.24) is 4.90 Å². The summed E-state index contributed by atoms with van der Waals surface area (Å²) in [6.07, 6.45) is 3.40. The SMILES string of the molecule is NC(=O)CCOC1CN(C2CC2)C1. The highest BCUT2D eigenvalue weighted by Crippen LogP contribution is 2.31. The van der Waals surface area contributed by atoms with Crippen LogP contribution in [-0.2, 0) is 9.53 Å². The molecule has 0 aromatic heterocycles. The van der Waals surface area contributed by atoms with Crippen molar-refractivity contribution in [2.45, 2.75) is 31.4 Å². The van der Waals surface area contributed by atoms with E-state index in [0.717, 1.165) is 19.1 Å². The Morgan fingerprint density at radius 2 is 2.15 bits per heavy atom. The molecule has 0 bridgehead atoms. The minimum atomic E-state index is -0.279. The summed E-state index contributed by atoms with van der Waals surface area (Å²) in [5.41, 5.74) is 4.99. The second-order valence-electron chi connectivity index (χ2n) is 3.89. The number of nitrogens with zero attached hydrogens (tertiary/aromatic N) is 1. The predicted molar refractivity (Wildman–Crippen MR) is 48.1 cm³/mol. The lowest BCUT2D eigenvalue weighted by Gasteiger charge is -2.39. The molecule has 0 aromatic carbocycles. The molecule has 2 aliphatic rings. The van der Waals surface area contributed by atoms with Crippen molar-refractivity contribution in [3.05, 3.63) is 0 Å². The number of rotatable bonds is 5. The van der Waals surface area contributed by atoms with E-state index in [1.807, 2.05) is 0 Å². The summed E-state index contributed by atoms with van der Waals surface area (Å²) < 4.78 is 5.45. The van der Waals surface area contributed by atoms with Crippen molar-refractivity contribution in [1.29, 1.82) is 0 Å². The molecule has 1 amide bonds. The Morgan fingerprint density at radius 3 is 2.69 bits per heavy atom. The maximum atomic E-state index is 10.4. The fourth-order valence-corrected chi connectivity index (χ4v) is 1.64. The number of carbonyl (C=O) groups excluding carboxylic acids is 1. The van der Waals surface area contributed by atoms with Gasteiger partial charge in [0.2, 0.25) is 5.91 Å². The summed E-state index contributed by atoms with van der Waals surface area (Å²) in [5, 5.41) is 0. The molecule has 1 aliphatic heterocycles. The van der Waals surface area contributed by atoms with Gasteiger partial charge in [0, 0.05) is 25.6 Å². The molecule has 0 radical (unpaired) electrons. The van der Waals surface area contributed by atoms with E-state index in [4.69, 9.17) is 10.5 Å². The Morgan fingerprint density at radius 1 is 1.46 bits per heavy atom. The predicted octanol–water partition coefficient (Wildman–Crippen LogP) is -0.275. The molecule has 13 heavy (non-hydrogen) atoms. The van der Waals surface area contributed by atoms with Crippen molar-refractivity contribution in [3.63, 3.8) is 0 Å². The largest absolute Gasteiger partial charge is 0.375 e. The highest BCUT2D eigenvalue weighted by Gasteiger charge is 2.38. The van der Waals surface area contributed by atoms with Gasteiger partial charge in [0.05, 0.1) is 12.7 Å². The molecule has 0 atom stereocenters. The van der Waals surface area contributed by atoms with Crippen LogP contribution in [0.25, 0.3) is 0 Å². The first-order valence-corrected chi connectivity index (χ1v) is 4.89. The van der Waals surface area contributed by atoms with Gasteiger partial charge in [-0.3, -0.25) is 9.69 Å². The number of hydrogen-bond acceptors (Lipinski definition) is 3. The van der Waals surface area contributed by atoms with Gasteiger partial charge in [-0.15, -0.1) is 0 Å². The van der Waals surface area contributed by atoms with Crippen molar-refractivity contribution in [2.24, 2.45) is 5.73 Å². The Balaban J connectivity index is 1.51. The number of hydrogen-bond donors (Lipinski definition) is 1. The van der Waals surface area contributed by atoms with Crippen LogP contribution in [0.3, 0.4) is 0 Å². The van der Waals surface area contributed by atoms with Gasteiger partial charge in [-0.05, 0) is 12.8 Å². The lowest BCUT2D eigenvalue weighted by atomic mass is 10.1. The maximum absolute atomic E-state index is 10.4. The monoisotopic (exact) mass is 184 g/mol. The summed E-state index contributed by atoms with van der Waals surface area (Å²) in [5.74, 6) is -0.279. The first-order valence-electron chi connectivity index (χ1n) is 4.89. The minimum absolute atomic E-state index is 0.279. The molecule has 1 saturated carbocycles. The summed E-state index contributed by atoms with van der Waals surface area (Å²) in [7, 11) is 0. The van der Waals surface area contributed by atoms with Crippen LogP contribution in [0.15, 0.2) is 0 Å². The van der Waals surface area contributed by atoms with Gasteiger partial charge >= 0.3 is 0 Å². The average Bonchev–Trinajstić information content (AvgIpc) is 2.75. The normalized spacial score (nSPS) is 24.3. The lowest BCUT2D eigenvalue weighted by Crippen LogP contribution is -2.53. The lowest BCUT2D eigenvalue weighted by molar-refractivity contribution is -0.121. The van der Waals surface area contributed by atoms with Crippen molar-refractivity contribution in [2.75, 3.05) is 19.7 Å². The summed E-state index contributed by atoms with van der Waals surface area (Å²) >= 11 is 0. The Hall–Kier alpha value is -0.610. The van der Waals surface area contributed by atoms with E-state index in [9.17, 15) is 4.79 Å². The van der Waals surface area contributed by atoms with Crippen LogP contribution >= 0.6 is 0 Å². The van der Waals surface area contributed by atoms with E-state index in [0.29, 0.717) is 19.1 Å². The van der Waals surface area contributed by atoms with E-state index in [2.05, 4.69) is 4.90 Å². The summed E-state index contributed by atoms with van der Waals surface area (Å²) in [4.78, 5) is 12.8. The summed E-state index contributed by atoms with van der Waals surface area (Å²) in [6.45, 7) is 2.57. The molecule has 4 nitrogen and oxygen atoms in total. The number of amides is 1. The highest BCUT2D eigenvalue weighted by molar-refractivity contribution is 5.73. The van der Waals surface area contributed by atoms with E-state index < -0.39 is 0 Å². The van der Waals surface area contributed by atoms with Crippen LogP contribution in [0.5, 0.6) is 0 Å². The third-order valence-corrected chi connectivity index (χ3v) is 2.64. The molecule has 2 fully saturated rings. The van der Waals surface area contributed by atoms with Crippen LogP contribution in [0, 0.1) is 0 Å². The number of likely N-dealkylation sites (tertiary alicyclic amines) is 1. The van der Waals surface area contributed by atoms with Crippen LogP contribution in [0.2, 0.25) is 0 Å². The second kappa shape index (κ2) is 3.64. The van der Waals surface area contributed by atoms with E-state index >= 15 is 0 Å². The first-order chi connectivity index (χ1) is 6.25. The molecule has 2 N–H and O–H groups in total. The van der Waals surface area contributed by atoms with Gasteiger partial charge in [0.1, 0.15) is 0 Å². The summed E-state index contributed by atoms with van der Waals surface area (Å²) in [6, 6.07) is 0.844. The van der Waals surface area contributed by atoms with E-state index in [-0.39, 0.29) is 5.91 Å². The molecule has 0 unspecified atom stereocenters. The molecular formula is C9H16N2O2. The van der Waals surface area contributed by atoms with Gasteiger partial charge in [0.15, 0.2) is 0 Å². The number of carbonyl (C=O) groups is 1. The topological polar surface area (TPSA) is 55.6 Å². The van der Waals surface area contributed by atoms with Crippen molar-refractivity contribution in [3.8, 4) is 0 Å². The van der Waals surface area contributed by atoms with Gasteiger partial charge in [-0.1, -0.05) is 0 Å². The molecule has 1 heterocycles. The fourth-order valence-electron chi connectivity index (χ4n) is 1.64. The highest BCUT2D eigenvalue weighted by atomic mass is 16.5. The molecular weight excluding hydrogens is 168 g/mol. The van der Waals surface area contributed by atoms with E-state index in [1.54, 1.807) is 0 Å². The molecule has 2 rings (SSSR count). The fraction of sp³-hybridized carbons (Fsp3) is 0.889. The zero-order valence-electron chi connectivity index (χ0n) is 7.74. The Kier molecular flexibility index (Phi) is 2.51. The molecule has 1 aliphatic carbocycles. The maximum Gasteiger partial charge on any atom is 0.219 e. The Bertz CT molecular complexity index is 198. The van der Waals surface area contributed by atoms with Crippen LogP contribution in [0.4, 0.5) is 0 Å². The van der Waals surface area contributed by atoms with Gasteiger partial charge in [-0.25, -0.2) is 0 Å². The number of primary amides is 1. The third-order valence-electron chi connectivity index (χ3n) is 2.64. The van der Waals surface area contributed by atoms with Gasteiger partial charge in [-0.2, -0.15) is 0 Å². The molecule has 0 spiro atoms. The quantitative estimate of drug-likeness (QED) is 0.639. The second-order valence-corrected chi connectivity index (χ2v) is 3.89. The van der Waals surface area contributed by atoms with Crippen LogP contribution < -0.4 is 5.73 Å². The average molecular weight is 184 g/mol. The number of nitrogens with two attached hydrogens (primary N) is 1. The van der Waals surface area contributed by atoms with Crippen LogP contribution in [-0.4, -0.2) is 42.6 Å². The molecule has 0 aromatic rings. The molecule has 1 saturated heterocycles. The van der Waals surface area contributed by atoms with Gasteiger partial charge in [0.25, 0.3) is 0 Å². The van der Waals surface area contributed by atoms with E-state index in [1.165, 1.54) is 12.8 Å². The molecule has 74 valence electrons. The Labute approximate surface area is 78.0 Å². The standard InChI is InChI=1S/C9H16N2O2/c10-9(12)3-4-13-8-5-11(6-8)7-1-2-7/h7-8H,1-6H2,(H2,10,12). The van der Waals surface area contributed by atoms with Crippen molar-refractivity contribution < 1.29 is 9.53 Å². The van der Waals surface area contributed by atoms with Crippen LogP contribution in [0.1, 0.15) is 19.3 Å². The smallest absolute Gasteiger partial charge is 0.219 e. The first kappa shape index (κ1) is 8.97. The zero-order valence-corrected chi connectivity index (χ0v) is 7.74. The number of ether oxygens (including phenoxy) is 1. The third kappa shape index (κ3) is 2.42. The molecule has 4 heteroatoms. The minimum Gasteiger partial charge on any atom is -0.375 e. The van der Waals surface area contributed by atoms with Gasteiger partial charge < -0.3 is 10.5 Å². The zero-order chi connectivity index (χ0) is 9.26.